The summed E-state index contributed by atoms with van der Waals surface area (Å²) in [5.74, 6) is 0.216. The van der Waals surface area contributed by atoms with E-state index in [1.54, 1.807) is 6.07 Å². The van der Waals surface area contributed by atoms with Crippen molar-refractivity contribution >= 4 is 27.3 Å². The Morgan fingerprint density at radius 2 is 1.72 bits per heavy atom. The Hall–Kier alpha value is -2.38. The highest BCUT2D eigenvalue weighted by molar-refractivity contribution is 7.92. The van der Waals surface area contributed by atoms with E-state index in [1.165, 1.54) is 25.7 Å². The van der Waals surface area contributed by atoms with Crippen molar-refractivity contribution in [2.45, 2.75) is 75.7 Å². The maximum Gasteiger partial charge on any atom is 0.258 e. The first-order chi connectivity index (χ1) is 17.2. The van der Waals surface area contributed by atoms with Gasteiger partial charge in [0.05, 0.1) is 12.4 Å². The molecule has 1 atom stereocenters. The van der Waals surface area contributed by atoms with Crippen molar-refractivity contribution in [3.05, 3.63) is 59.2 Å². The van der Waals surface area contributed by atoms with Gasteiger partial charge in [-0.2, -0.15) is 0 Å². The maximum absolute atomic E-state index is 13.9. The SMILES string of the molecule is CS(=O)(=O)Nc1ccc2c(c1)C1(CCC3(CC3)CC1)CN2C(=O)c1cccc(C(O)C2CCCC2)c1. The van der Waals surface area contributed by atoms with Crippen LogP contribution >= 0.6 is 0 Å². The van der Waals surface area contributed by atoms with Crippen LogP contribution in [0, 0.1) is 11.3 Å². The first-order valence-electron chi connectivity index (χ1n) is 13.4. The molecule has 0 aromatic heterocycles. The highest BCUT2D eigenvalue weighted by atomic mass is 32.2. The van der Waals surface area contributed by atoms with Gasteiger partial charge >= 0.3 is 0 Å². The molecular formula is C29H36N2O4S. The summed E-state index contributed by atoms with van der Waals surface area (Å²) >= 11 is 0. The Bertz CT molecular complexity index is 1280. The smallest absolute Gasteiger partial charge is 0.258 e. The second-order valence-corrected chi connectivity index (χ2v) is 13.6. The Morgan fingerprint density at radius 1 is 1.03 bits per heavy atom. The van der Waals surface area contributed by atoms with E-state index in [0.29, 0.717) is 23.2 Å². The van der Waals surface area contributed by atoms with E-state index >= 15 is 0 Å². The van der Waals surface area contributed by atoms with Gasteiger partial charge in [-0.15, -0.1) is 0 Å². The van der Waals surface area contributed by atoms with Gasteiger partial charge in [0.1, 0.15) is 0 Å². The number of rotatable bonds is 5. The minimum atomic E-state index is -3.39. The van der Waals surface area contributed by atoms with Gasteiger partial charge in [-0.25, -0.2) is 8.42 Å². The number of carbonyl (C=O) groups excluding carboxylic acids is 1. The van der Waals surface area contributed by atoms with E-state index in [0.717, 1.165) is 61.6 Å². The van der Waals surface area contributed by atoms with Crippen molar-refractivity contribution in [3.8, 4) is 0 Å². The number of hydrogen-bond donors (Lipinski definition) is 2. The third-order valence-electron chi connectivity index (χ3n) is 9.41. The van der Waals surface area contributed by atoms with E-state index in [1.807, 2.05) is 41.3 Å². The van der Waals surface area contributed by atoms with E-state index in [-0.39, 0.29) is 17.2 Å². The topological polar surface area (TPSA) is 86.7 Å². The van der Waals surface area contributed by atoms with Crippen LogP contribution in [0.4, 0.5) is 11.4 Å². The number of nitrogens with zero attached hydrogens (tertiary/aromatic N) is 1. The lowest BCUT2D eigenvalue weighted by molar-refractivity contribution is 0.0978. The monoisotopic (exact) mass is 508 g/mol. The van der Waals surface area contributed by atoms with Gasteiger partial charge in [0, 0.05) is 28.9 Å². The lowest BCUT2D eigenvalue weighted by Gasteiger charge is -2.38. The summed E-state index contributed by atoms with van der Waals surface area (Å²) in [5.41, 5.74) is 4.31. The van der Waals surface area contributed by atoms with Crippen LogP contribution in [0.25, 0.3) is 0 Å². The second kappa shape index (κ2) is 8.59. The highest BCUT2D eigenvalue weighted by Gasteiger charge is 2.53. The van der Waals surface area contributed by atoms with Crippen molar-refractivity contribution in [3.63, 3.8) is 0 Å². The Labute approximate surface area is 214 Å². The molecule has 3 aliphatic carbocycles. The number of nitrogens with one attached hydrogen (secondary N) is 1. The van der Waals surface area contributed by atoms with Crippen LogP contribution in [-0.4, -0.2) is 32.2 Å². The molecular weight excluding hydrogens is 472 g/mol. The molecule has 7 heteroatoms. The number of aliphatic hydroxyl groups is 1. The number of carbonyl (C=O) groups is 1. The molecule has 0 saturated heterocycles. The molecule has 1 heterocycles. The van der Waals surface area contributed by atoms with Crippen molar-refractivity contribution in [2.75, 3.05) is 22.4 Å². The predicted molar refractivity (Wildman–Crippen MR) is 142 cm³/mol. The Morgan fingerprint density at radius 3 is 2.39 bits per heavy atom. The molecule has 1 amide bonds. The molecule has 2 aromatic carbocycles. The molecule has 3 saturated carbocycles. The van der Waals surface area contributed by atoms with Gasteiger partial charge in [0.25, 0.3) is 5.91 Å². The average Bonchev–Trinajstić information content (AvgIpc) is 3.27. The second-order valence-electron chi connectivity index (χ2n) is 11.9. The van der Waals surface area contributed by atoms with Crippen LogP contribution in [0.1, 0.15) is 91.8 Å². The minimum Gasteiger partial charge on any atom is -0.388 e. The number of amides is 1. The molecule has 192 valence electrons. The molecule has 2 spiro atoms. The number of benzene rings is 2. The van der Waals surface area contributed by atoms with Crippen LogP contribution < -0.4 is 9.62 Å². The maximum atomic E-state index is 13.9. The molecule has 1 aliphatic heterocycles. The van der Waals surface area contributed by atoms with E-state index < -0.39 is 16.1 Å². The highest BCUT2D eigenvalue weighted by Crippen LogP contribution is 2.62. The van der Waals surface area contributed by atoms with Crippen LogP contribution in [0.3, 0.4) is 0 Å². The zero-order chi connectivity index (χ0) is 25.1. The molecule has 4 aliphatic rings. The third kappa shape index (κ3) is 4.34. The zero-order valence-corrected chi connectivity index (χ0v) is 21.8. The van der Waals surface area contributed by atoms with E-state index in [2.05, 4.69) is 4.72 Å². The lowest BCUT2D eigenvalue weighted by Crippen LogP contribution is -2.40. The molecule has 2 aromatic rings. The van der Waals surface area contributed by atoms with Crippen LogP contribution in [0.2, 0.25) is 0 Å². The predicted octanol–water partition coefficient (Wildman–Crippen LogP) is 5.53. The van der Waals surface area contributed by atoms with E-state index in [4.69, 9.17) is 0 Å². The van der Waals surface area contributed by atoms with Gasteiger partial charge in [0.2, 0.25) is 10.0 Å². The van der Waals surface area contributed by atoms with Crippen molar-refractivity contribution < 1.29 is 18.3 Å². The summed E-state index contributed by atoms with van der Waals surface area (Å²) in [5, 5.41) is 10.9. The molecule has 36 heavy (non-hydrogen) atoms. The van der Waals surface area contributed by atoms with Crippen molar-refractivity contribution in [2.24, 2.45) is 11.3 Å². The first kappa shape index (κ1) is 24.0. The molecule has 6 nitrogen and oxygen atoms in total. The fraction of sp³-hybridized carbons (Fsp3) is 0.552. The van der Waals surface area contributed by atoms with Gasteiger partial charge in [-0.05, 0) is 104 Å². The quantitative estimate of drug-likeness (QED) is 0.556. The fourth-order valence-electron chi connectivity index (χ4n) is 7.05. The fourth-order valence-corrected chi connectivity index (χ4v) is 7.60. The summed E-state index contributed by atoms with van der Waals surface area (Å²) in [7, 11) is -3.39. The number of hydrogen-bond acceptors (Lipinski definition) is 4. The number of aliphatic hydroxyl groups excluding tert-OH is 1. The summed E-state index contributed by atoms with van der Waals surface area (Å²) < 4.78 is 26.4. The number of fused-ring (bicyclic) bond motifs is 2. The number of anilines is 2. The Kier molecular flexibility index (Phi) is 5.72. The van der Waals surface area contributed by atoms with Crippen LogP contribution in [0.15, 0.2) is 42.5 Å². The minimum absolute atomic E-state index is 0.0517. The number of sulfonamides is 1. The van der Waals surface area contributed by atoms with Gasteiger partial charge in [-0.1, -0.05) is 25.0 Å². The van der Waals surface area contributed by atoms with Gasteiger partial charge in [0.15, 0.2) is 0 Å². The largest absolute Gasteiger partial charge is 0.388 e. The van der Waals surface area contributed by atoms with E-state index in [9.17, 15) is 18.3 Å². The summed E-state index contributed by atoms with van der Waals surface area (Å²) in [6, 6.07) is 13.1. The lowest BCUT2D eigenvalue weighted by atomic mass is 9.66. The molecule has 2 N–H and O–H groups in total. The van der Waals surface area contributed by atoms with Crippen molar-refractivity contribution in [1.29, 1.82) is 0 Å². The summed E-state index contributed by atoms with van der Waals surface area (Å²) in [6.45, 7) is 0.620. The van der Waals surface area contributed by atoms with Crippen LogP contribution in [0.5, 0.6) is 0 Å². The zero-order valence-electron chi connectivity index (χ0n) is 21.0. The Balaban J connectivity index is 1.33. The normalized spacial score (nSPS) is 23.1. The average molecular weight is 509 g/mol. The molecule has 1 unspecified atom stereocenters. The molecule has 0 bridgehead atoms. The summed E-state index contributed by atoms with van der Waals surface area (Å²) in [4.78, 5) is 15.8. The molecule has 3 fully saturated rings. The van der Waals surface area contributed by atoms with Crippen LogP contribution in [-0.2, 0) is 15.4 Å². The van der Waals surface area contributed by atoms with Crippen molar-refractivity contribution in [1.82, 2.24) is 0 Å². The standard InChI is InChI=1S/C29H36N2O4S/c1-36(34,35)30-23-9-10-25-24(18-23)29(15-13-28(11-12-28)14-16-29)19-31(25)27(33)22-8-4-7-21(17-22)26(32)20-5-2-3-6-20/h4,7-10,17-18,20,26,30,32H,2-3,5-6,11-16,19H2,1H3. The molecule has 6 rings (SSSR count). The summed E-state index contributed by atoms with van der Waals surface area (Å²) in [6.07, 6.45) is 12.0. The third-order valence-corrected chi connectivity index (χ3v) is 10.0. The van der Waals surface area contributed by atoms with Gasteiger partial charge in [-0.3, -0.25) is 9.52 Å². The first-order valence-corrected chi connectivity index (χ1v) is 15.3. The molecule has 0 radical (unpaired) electrons. The van der Waals surface area contributed by atoms with Gasteiger partial charge < -0.3 is 10.0 Å².